The molecule has 0 unspecified atom stereocenters. The number of para-hydroxylation sites is 2. The maximum absolute atomic E-state index is 12.3. The quantitative estimate of drug-likeness (QED) is 0.764. The zero-order valence-electron chi connectivity index (χ0n) is 11.2. The lowest BCUT2D eigenvalue weighted by Gasteiger charge is -2.12. The molecule has 1 N–H and O–H groups in total. The van der Waals surface area contributed by atoms with Crippen molar-refractivity contribution in [1.82, 2.24) is 4.57 Å². The molecule has 4 heteroatoms. The number of amides is 1. The molecule has 0 saturated heterocycles. The van der Waals surface area contributed by atoms with E-state index >= 15 is 0 Å². The number of nitrogens with one attached hydrogen (secondary N) is 1. The fourth-order valence-electron chi connectivity index (χ4n) is 2.12. The van der Waals surface area contributed by atoms with Gasteiger partial charge in [-0.05, 0) is 42.5 Å². The van der Waals surface area contributed by atoms with Crippen LogP contribution in [0.2, 0.25) is 5.02 Å². The zero-order valence-corrected chi connectivity index (χ0v) is 11.9. The van der Waals surface area contributed by atoms with Crippen LogP contribution in [0.3, 0.4) is 0 Å². The Balaban J connectivity index is 1.90. The van der Waals surface area contributed by atoms with Crippen LogP contribution in [-0.4, -0.2) is 10.5 Å². The number of carbonyl (C=O) groups excluding carboxylic acids is 1. The first-order chi connectivity index (χ1) is 10.2. The van der Waals surface area contributed by atoms with Crippen LogP contribution in [0.1, 0.15) is 10.4 Å². The number of hydrogen-bond acceptors (Lipinski definition) is 1. The summed E-state index contributed by atoms with van der Waals surface area (Å²) in [4.78, 5) is 12.3. The molecule has 0 atom stereocenters. The summed E-state index contributed by atoms with van der Waals surface area (Å²) in [7, 11) is 0. The Hall–Kier alpha value is -2.52. The SMILES string of the molecule is O=C(Nc1ccccc1-n1cccc1)c1cccc(Cl)c1. The summed E-state index contributed by atoms with van der Waals surface area (Å²) < 4.78 is 1.95. The topological polar surface area (TPSA) is 34.0 Å². The van der Waals surface area contributed by atoms with E-state index in [1.54, 1.807) is 24.3 Å². The van der Waals surface area contributed by atoms with Gasteiger partial charge in [-0.1, -0.05) is 29.8 Å². The summed E-state index contributed by atoms with van der Waals surface area (Å²) in [6.45, 7) is 0. The minimum Gasteiger partial charge on any atom is -0.322 e. The van der Waals surface area contributed by atoms with E-state index in [1.165, 1.54) is 0 Å². The van der Waals surface area contributed by atoms with Gasteiger partial charge in [0.2, 0.25) is 0 Å². The Morgan fingerprint density at radius 3 is 2.48 bits per heavy atom. The van der Waals surface area contributed by atoms with Gasteiger partial charge in [0.15, 0.2) is 0 Å². The van der Waals surface area contributed by atoms with Gasteiger partial charge in [-0.25, -0.2) is 0 Å². The number of carbonyl (C=O) groups is 1. The number of benzene rings is 2. The second-order valence-corrected chi connectivity index (χ2v) is 5.01. The summed E-state index contributed by atoms with van der Waals surface area (Å²) in [6.07, 6.45) is 3.87. The summed E-state index contributed by atoms with van der Waals surface area (Å²) in [5.41, 5.74) is 2.20. The maximum Gasteiger partial charge on any atom is 0.255 e. The molecular formula is C17H13ClN2O. The third-order valence-electron chi connectivity index (χ3n) is 3.12. The van der Waals surface area contributed by atoms with E-state index in [0.717, 1.165) is 11.4 Å². The summed E-state index contributed by atoms with van der Waals surface area (Å²) in [5, 5.41) is 3.47. The van der Waals surface area contributed by atoms with Crippen LogP contribution < -0.4 is 5.32 Å². The van der Waals surface area contributed by atoms with Gasteiger partial charge in [0.1, 0.15) is 0 Å². The average molecular weight is 297 g/mol. The molecule has 0 aliphatic heterocycles. The van der Waals surface area contributed by atoms with Gasteiger partial charge in [-0.2, -0.15) is 0 Å². The van der Waals surface area contributed by atoms with E-state index in [2.05, 4.69) is 5.32 Å². The maximum atomic E-state index is 12.3. The third-order valence-corrected chi connectivity index (χ3v) is 3.36. The highest BCUT2D eigenvalue weighted by Crippen LogP contribution is 2.21. The standard InChI is InChI=1S/C17H13ClN2O/c18-14-7-5-6-13(12-14)17(21)19-15-8-1-2-9-16(15)20-10-3-4-11-20/h1-12H,(H,19,21). The van der Waals surface area contributed by atoms with Gasteiger partial charge in [-0.3, -0.25) is 4.79 Å². The van der Waals surface area contributed by atoms with Crippen molar-refractivity contribution in [2.45, 2.75) is 0 Å². The molecular weight excluding hydrogens is 284 g/mol. The van der Waals surface area contributed by atoms with Crippen molar-refractivity contribution < 1.29 is 4.79 Å². The lowest BCUT2D eigenvalue weighted by molar-refractivity contribution is 0.102. The molecule has 0 fully saturated rings. The van der Waals surface area contributed by atoms with Crippen molar-refractivity contribution in [1.29, 1.82) is 0 Å². The van der Waals surface area contributed by atoms with Crippen molar-refractivity contribution in [2.24, 2.45) is 0 Å². The van der Waals surface area contributed by atoms with Crippen LogP contribution in [-0.2, 0) is 0 Å². The Morgan fingerprint density at radius 1 is 0.952 bits per heavy atom. The number of halogens is 1. The lowest BCUT2D eigenvalue weighted by atomic mass is 10.2. The van der Waals surface area contributed by atoms with E-state index < -0.39 is 0 Å². The Bertz CT molecular complexity index is 766. The Morgan fingerprint density at radius 2 is 1.71 bits per heavy atom. The minimum atomic E-state index is -0.183. The molecule has 3 aromatic rings. The molecule has 2 aromatic carbocycles. The highest BCUT2D eigenvalue weighted by atomic mass is 35.5. The van der Waals surface area contributed by atoms with Gasteiger partial charge in [0.05, 0.1) is 11.4 Å². The van der Waals surface area contributed by atoms with Crippen LogP contribution in [0.25, 0.3) is 5.69 Å². The smallest absolute Gasteiger partial charge is 0.255 e. The van der Waals surface area contributed by atoms with Gasteiger partial charge < -0.3 is 9.88 Å². The van der Waals surface area contributed by atoms with Crippen LogP contribution >= 0.6 is 11.6 Å². The van der Waals surface area contributed by atoms with E-state index in [1.807, 2.05) is 53.4 Å². The van der Waals surface area contributed by atoms with E-state index in [4.69, 9.17) is 11.6 Å². The van der Waals surface area contributed by atoms with Gasteiger partial charge >= 0.3 is 0 Å². The molecule has 3 nitrogen and oxygen atoms in total. The fraction of sp³-hybridized carbons (Fsp3) is 0. The van der Waals surface area contributed by atoms with Crippen LogP contribution in [0, 0.1) is 0 Å². The molecule has 21 heavy (non-hydrogen) atoms. The van der Waals surface area contributed by atoms with Crippen molar-refractivity contribution in [3.05, 3.63) is 83.6 Å². The molecule has 3 rings (SSSR count). The second kappa shape index (κ2) is 5.85. The van der Waals surface area contributed by atoms with Crippen molar-refractivity contribution in [3.8, 4) is 5.69 Å². The van der Waals surface area contributed by atoms with Crippen molar-refractivity contribution in [2.75, 3.05) is 5.32 Å². The van der Waals surface area contributed by atoms with Crippen molar-refractivity contribution in [3.63, 3.8) is 0 Å². The Labute approximate surface area is 127 Å². The highest BCUT2D eigenvalue weighted by molar-refractivity contribution is 6.31. The molecule has 0 aliphatic carbocycles. The third kappa shape index (κ3) is 2.98. The first-order valence-corrected chi connectivity index (χ1v) is 6.91. The van der Waals surface area contributed by atoms with Crippen LogP contribution in [0.4, 0.5) is 5.69 Å². The zero-order chi connectivity index (χ0) is 14.7. The first kappa shape index (κ1) is 13.5. The molecule has 0 bridgehead atoms. The summed E-state index contributed by atoms with van der Waals surface area (Å²) in [6, 6.07) is 18.4. The molecule has 0 saturated carbocycles. The number of aromatic nitrogens is 1. The van der Waals surface area contributed by atoms with E-state index in [9.17, 15) is 4.79 Å². The monoisotopic (exact) mass is 296 g/mol. The number of nitrogens with zero attached hydrogens (tertiary/aromatic N) is 1. The largest absolute Gasteiger partial charge is 0.322 e. The van der Waals surface area contributed by atoms with Crippen LogP contribution in [0.5, 0.6) is 0 Å². The normalized spacial score (nSPS) is 10.3. The fourth-order valence-corrected chi connectivity index (χ4v) is 2.31. The molecule has 0 aliphatic rings. The van der Waals surface area contributed by atoms with Crippen LogP contribution in [0.15, 0.2) is 73.1 Å². The van der Waals surface area contributed by atoms with Gasteiger partial charge in [0.25, 0.3) is 5.91 Å². The molecule has 0 radical (unpaired) electrons. The number of rotatable bonds is 3. The molecule has 104 valence electrons. The number of anilines is 1. The first-order valence-electron chi connectivity index (χ1n) is 6.53. The highest BCUT2D eigenvalue weighted by Gasteiger charge is 2.09. The number of hydrogen-bond donors (Lipinski definition) is 1. The lowest BCUT2D eigenvalue weighted by Crippen LogP contribution is -2.13. The summed E-state index contributed by atoms with van der Waals surface area (Å²) in [5.74, 6) is -0.183. The van der Waals surface area contributed by atoms with Gasteiger partial charge in [-0.15, -0.1) is 0 Å². The average Bonchev–Trinajstić information content (AvgIpc) is 3.02. The predicted molar refractivity (Wildman–Crippen MR) is 85.2 cm³/mol. The second-order valence-electron chi connectivity index (χ2n) is 4.57. The minimum absolute atomic E-state index is 0.183. The van der Waals surface area contributed by atoms with Gasteiger partial charge in [0, 0.05) is 23.0 Å². The van der Waals surface area contributed by atoms with Crippen molar-refractivity contribution >= 4 is 23.2 Å². The predicted octanol–water partition coefficient (Wildman–Crippen LogP) is 4.38. The molecule has 1 heterocycles. The molecule has 0 spiro atoms. The summed E-state index contributed by atoms with van der Waals surface area (Å²) >= 11 is 5.92. The molecule has 1 amide bonds. The molecule has 1 aromatic heterocycles. The van der Waals surface area contributed by atoms with E-state index in [0.29, 0.717) is 10.6 Å². The Kier molecular flexibility index (Phi) is 3.75. The van der Waals surface area contributed by atoms with E-state index in [-0.39, 0.29) is 5.91 Å².